The first-order valence-corrected chi connectivity index (χ1v) is 9.33. The van der Waals surface area contributed by atoms with Crippen molar-refractivity contribution in [2.75, 3.05) is 20.2 Å². The Balaban J connectivity index is 1.81. The SMILES string of the molecule is COC1CCN(S(=O)(=O)c2cc(CCl)n(C3CC3)c2)CC1. The number of alkyl halides is 1. The number of rotatable bonds is 5. The number of aromatic nitrogens is 1. The van der Waals surface area contributed by atoms with Crippen molar-refractivity contribution in [1.82, 2.24) is 8.87 Å². The Morgan fingerprint density at radius 2 is 1.95 bits per heavy atom. The van der Waals surface area contributed by atoms with E-state index in [4.69, 9.17) is 16.3 Å². The summed E-state index contributed by atoms with van der Waals surface area (Å²) in [4.78, 5) is 0.376. The van der Waals surface area contributed by atoms with Crippen LogP contribution in [0, 0.1) is 0 Å². The van der Waals surface area contributed by atoms with Crippen molar-refractivity contribution in [1.29, 1.82) is 0 Å². The maximum atomic E-state index is 12.7. The van der Waals surface area contributed by atoms with Gasteiger partial charge in [-0.3, -0.25) is 0 Å². The fourth-order valence-electron chi connectivity index (χ4n) is 2.89. The van der Waals surface area contributed by atoms with Crippen LogP contribution in [0.5, 0.6) is 0 Å². The zero-order chi connectivity index (χ0) is 15.0. The lowest BCUT2D eigenvalue weighted by molar-refractivity contribution is 0.0604. The smallest absolute Gasteiger partial charge is 0.244 e. The van der Waals surface area contributed by atoms with Crippen molar-refractivity contribution in [3.05, 3.63) is 18.0 Å². The third-order valence-corrected chi connectivity index (χ3v) is 6.49. The summed E-state index contributed by atoms with van der Waals surface area (Å²) in [6.45, 7) is 1.04. The number of methoxy groups -OCH3 is 1. The minimum atomic E-state index is -3.41. The lowest BCUT2D eigenvalue weighted by Crippen LogP contribution is -2.40. The molecule has 21 heavy (non-hydrogen) atoms. The van der Waals surface area contributed by atoms with Gasteiger partial charge in [-0.1, -0.05) is 0 Å². The van der Waals surface area contributed by atoms with Crippen LogP contribution in [0.2, 0.25) is 0 Å². The molecule has 5 nitrogen and oxygen atoms in total. The van der Waals surface area contributed by atoms with Gasteiger partial charge in [0.2, 0.25) is 10.0 Å². The summed E-state index contributed by atoms with van der Waals surface area (Å²) in [6.07, 6.45) is 5.65. The Morgan fingerprint density at radius 3 is 2.48 bits per heavy atom. The van der Waals surface area contributed by atoms with E-state index in [9.17, 15) is 8.42 Å². The van der Waals surface area contributed by atoms with Crippen LogP contribution in [0.25, 0.3) is 0 Å². The molecule has 1 aromatic heterocycles. The van der Waals surface area contributed by atoms with Gasteiger partial charge in [-0.2, -0.15) is 4.31 Å². The van der Waals surface area contributed by atoms with Gasteiger partial charge < -0.3 is 9.30 Å². The standard InChI is InChI=1S/C14H21ClN2O3S/c1-20-13-4-6-16(7-5-13)21(18,19)14-8-12(9-15)17(10-14)11-2-3-11/h8,10-11,13H,2-7,9H2,1H3. The summed E-state index contributed by atoms with van der Waals surface area (Å²) >= 11 is 5.95. The number of nitrogens with zero attached hydrogens (tertiary/aromatic N) is 2. The molecule has 3 rings (SSSR count). The molecule has 1 aromatic rings. The Hall–Kier alpha value is -0.560. The van der Waals surface area contributed by atoms with E-state index in [0.717, 1.165) is 31.4 Å². The van der Waals surface area contributed by atoms with Crippen LogP contribution in [0.3, 0.4) is 0 Å². The highest BCUT2D eigenvalue weighted by Gasteiger charge is 2.32. The summed E-state index contributed by atoms with van der Waals surface area (Å²) in [7, 11) is -1.73. The van der Waals surface area contributed by atoms with Crippen molar-refractivity contribution >= 4 is 21.6 Å². The van der Waals surface area contributed by atoms with Crippen molar-refractivity contribution in [3.8, 4) is 0 Å². The van der Waals surface area contributed by atoms with E-state index in [0.29, 0.717) is 29.9 Å². The van der Waals surface area contributed by atoms with E-state index in [1.54, 1.807) is 23.7 Å². The summed E-state index contributed by atoms with van der Waals surface area (Å²) in [5.74, 6) is 0.345. The third kappa shape index (κ3) is 2.99. The Labute approximate surface area is 130 Å². The van der Waals surface area contributed by atoms with E-state index >= 15 is 0 Å². The summed E-state index contributed by atoms with van der Waals surface area (Å²) in [5.41, 5.74) is 0.893. The van der Waals surface area contributed by atoms with Crippen LogP contribution in [0.15, 0.2) is 17.2 Å². The molecule has 1 saturated heterocycles. The maximum absolute atomic E-state index is 12.7. The number of piperidine rings is 1. The van der Waals surface area contributed by atoms with Gasteiger partial charge in [-0.05, 0) is 31.7 Å². The van der Waals surface area contributed by atoms with Gasteiger partial charge in [0.05, 0.1) is 12.0 Å². The van der Waals surface area contributed by atoms with E-state index in [-0.39, 0.29) is 6.10 Å². The second-order valence-corrected chi connectivity index (χ2v) is 7.98. The van der Waals surface area contributed by atoms with E-state index in [1.807, 2.05) is 4.57 Å². The fourth-order valence-corrected chi connectivity index (χ4v) is 4.63. The topological polar surface area (TPSA) is 51.5 Å². The first-order valence-electron chi connectivity index (χ1n) is 7.36. The molecule has 7 heteroatoms. The number of halogens is 1. The van der Waals surface area contributed by atoms with E-state index in [2.05, 4.69) is 0 Å². The molecule has 1 saturated carbocycles. The van der Waals surface area contributed by atoms with Crippen LogP contribution >= 0.6 is 11.6 Å². The molecule has 118 valence electrons. The van der Waals surface area contributed by atoms with E-state index < -0.39 is 10.0 Å². The highest BCUT2D eigenvalue weighted by molar-refractivity contribution is 7.89. The fraction of sp³-hybridized carbons (Fsp3) is 0.714. The van der Waals surface area contributed by atoms with Crippen molar-refractivity contribution in [3.63, 3.8) is 0 Å². The van der Waals surface area contributed by atoms with Crippen molar-refractivity contribution in [2.45, 2.75) is 48.6 Å². The molecule has 0 bridgehead atoms. The zero-order valence-corrected chi connectivity index (χ0v) is 13.7. The molecule has 2 heterocycles. The predicted molar refractivity (Wildman–Crippen MR) is 81.0 cm³/mol. The monoisotopic (exact) mass is 332 g/mol. The number of sulfonamides is 1. The van der Waals surface area contributed by atoms with Crippen LogP contribution in [-0.4, -0.2) is 43.6 Å². The molecule has 0 aromatic carbocycles. The molecule has 0 N–H and O–H groups in total. The molecule has 0 radical (unpaired) electrons. The molecule has 2 aliphatic rings. The molecule has 0 atom stereocenters. The van der Waals surface area contributed by atoms with E-state index in [1.165, 1.54) is 0 Å². The predicted octanol–water partition coefficient (Wildman–Crippen LogP) is 2.36. The average molecular weight is 333 g/mol. The van der Waals surface area contributed by atoms with Gasteiger partial charge in [0.1, 0.15) is 4.90 Å². The van der Waals surface area contributed by atoms with Crippen LogP contribution < -0.4 is 0 Å². The molecule has 0 spiro atoms. The Morgan fingerprint density at radius 1 is 1.29 bits per heavy atom. The van der Waals surface area contributed by atoms with Gasteiger partial charge in [0.25, 0.3) is 0 Å². The largest absolute Gasteiger partial charge is 0.381 e. The van der Waals surface area contributed by atoms with Crippen molar-refractivity contribution < 1.29 is 13.2 Å². The third-order valence-electron chi connectivity index (χ3n) is 4.36. The van der Waals surface area contributed by atoms with Crippen molar-refractivity contribution in [2.24, 2.45) is 0 Å². The highest BCUT2D eigenvalue weighted by Crippen LogP contribution is 2.38. The molecular formula is C14H21ClN2O3S. The molecule has 0 unspecified atom stereocenters. The van der Waals surface area contributed by atoms with Gasteiger partial charge in [0, 0.05) is 38.1 Å². The van der Waals surface area contributed by atoms with Gasteiger partial charge >= 0.3 is 0 Å². The van der Waals surface area contributed by atoms with Crippen LogP contribution in [-0.2, 0) is 20.6 Å². The first-order chi connectivity index (χ1) is 10.1. The zero-order valence-electron chi connectivity index (χ0n) is 12.2. The molecule has 0 amide bonds. The minimum absolute atomic E-state index is 0.172. The van der Waals surface area contributed by atoms with Gasteiger partial charge in [-0.25, -0.2) is 8.42 Å². The van der Waals surface area contributed by atoms with Crippen LogP contribution in [0.4, 0.5) is 0 Å². The molecular weight excluding hydrogens is 312 g/mol. The number of ether oxygens (including phenoxy) is 1. The Kier molecular flexibility index (Phi) is 4.32. The summed E-state index contributed by atoms with van der Waals surface area (Å²) in [6, 6.07) is 2.16. The normalized spacial score (nSPS) is 21.8. The first kappa shape index (κ1) is 15.3. The molecule has 2 fully saturated rings. The highest BCUT2D eigenvalue weighted by atomic mass is 35.5. The molecule has 1 aliphatic carbocycles. The molecule has 1 aliphatic heterocycles. The number of hydrogen-bond acceptors (Lipinski definition) is 3. The summed E-state index contributed by atoms with van der Waals surface area (Å²) in [5, 5.41) is 0. The second kappa shape index (κ2) is 5.91. The quantitative estimate of drug-likeness (QED) is 0.778. The van der Waals surface area contributed by atoms with Crippen LogP contribution in [0.1, 0.15) is 37.4 Å². The van der Waals surface area contributed by atoms with Gasteiger partial charge in [0.15, 0.2) is 0 Å². The minimum Gasteiger partial charge on any atom is -0.381 e. The van der Waals surface area contributed by atoms with Gasteiger partial charge in [-0.15, -0.1) is 11.6 Å². The average Bonchev–Trinajstić information content (AvgIpc) is 3.25. The Bertz CT molecular complexity index is 602. The second-order valence-electron chi connectivity index (χ2n) is 5.78. The lowest BCUT2D eigenvalue weighted by atomic mass is 10.1. The summed E-state index contributed by atoms with van der Waals surface area (Å²) < 4.78 is 34.4. The number of hydrogen-bond donors (Lipinski definition) is 0. The maximum Gasteiger partial charge on any atom is 0.244 e. The lowest BCUT2D eigenvalue weighted by Gasteiger charge is -2.30.